The Balaban J connectivity index is 1.69. The maximum absolute atomic E-state index is 11.9. The molecule has 0 spiro atoms. The van der Waals surface area contributed by atoms with Gasteiger partial charge in [0.05, 0.1) is 25.0 Å². The summed E-state index contributed by atoms with van der Waals surface area (Å²) in [6, 6.07) is 0. The van der Waals surface area contributed by atoms with Gasteiger partial charge >= 0.3 is 0 Å². The number of aromatic nitrogens is 2. The number of nitrogens with zero attached hydrogens (tertiary/aromatic N) is 2. The van der Waals surface area contributed by atoms with Gasteiger partial charge in [0.1, 0.15) is 0 Å². The molecule has 6 nitrogen and oxygen atoms in total. The van der Waals surface area contributed by atoms with Gasteiger partial charge in [-0.2, -0.15) is 5.10 Å². The molecule has 1 fully saturated rings. The van der Waals surface area contributed by atoms with Crippen LogP contribution in [0.1, 0.15) is 25.7 Å². The summed E-state index contributed by atoms with van der Waals surface area (Å²) in [5, 5.41) is 10.4. The van der Waals surface area contributed by atoms with Crippen molar-refractivity contribution in [1.82, 2.24) is 15.1 Å². The Hall–Kier alpha value is -1.40. The van der Waals surface area contributed by atoms with E-state index in [1.54, 1.807) is 18.0 Å². The number of hydrogen-bond donors (Lipinski definition) is 2. The summed E-state index contributed by atoms with van der Waals surface area (Å²) in [6.45, 7) is 3.47. The average Bonchev–Trinajstić information content (AvgIpc) is 2.91. The van der Waals surface area contributed by atoms with E-state index in [2.05, 4.69) is 15.7 Å². The quantitative estimate of drug-likeness (QED) is 0.788. The molecule has 1 atom stereocenters. The van der Waals surface area contributed by atoms with E-state index in [9.17, 15) is 4.79 Å². The van der Waals surface area contributed by atoms with E-state index in [-0.39, 0.29) is 5.91 Å². The van der Waals surface area contributed by atoms with Gasteiger partial charge in [-0.3, -0.25) is 9.48 Å². The lowest BCUT2D eigenvalue weighted by atomic mass is 9.94. The van der Waals surface area contributed by atoms with Crippen LogP contribution in [0.3, 0.4) is 0 Å². The third-order valence-electron chi connectivity index (χ3n) is 3.62. The molecule has 1 amide bonds. The zero-order valence-electron chi connectivity index (χ0n) is 12.1. The third kappa shape index (κ3) is 4.94. The van der Waals surface area contributed by atoms with Gasteiger partial charge in [-0.25, -0.2) is 0 Å². The molecule has 0 aliphatic carbocycles. The van der Waals surface area contributed by atoms with Crippen LogP contribution in [0.15, 0.2) is 12.4 Å². The first-order valence-electron chi connectivity index (χ1n) is 7.30. The Kier molecular flexibility index (Phi) is 6.01. The number of carbonyl (C=O) groups excluding carboxylic acids is 1. The predicted octanol–water partition coefficient (Wildman–Crippen LogP) is 1.25. The monoisotopic (exact) mass is 280 g/mol. The first kappa shape index (κ1) is 15.0. The SMILES string of the molecule is COCCn1cc(NC(=O)CCC2CCCNC2)cn1. The Morgan fingerprint density at radius 3 is 3.30 bits per heavy atom. The minimum absolute atomic E-state index is 0.0712. The molecule has 20 heavy (non-hydrogen) atoms. The highest BCUT2D eigenvalue weighted by Crippen LogP contribution is 2.16. The van der Waals surface area contributed by atoms with Crippen molar-refractivity contribution in [3.8, 4) is 0 Å². The molecule has 2 rings (SSSR count). The number of amides is 1. The molecule has 0 saturated carbocycles. The van der Waals surface area contributed by atoms with Crippen LogP contribution in [-0.4, -0.2) is 42.5 Å². The van der Waals surface area contributed by atoms with Crippen LogP contribution in [0.2, 0.25) is 0 Å². The molecule has 1 aliphatic heterocycles. The van der Waals surface area contributed by atoms with Crippen molar-refractivity contribution < 1.29 is 9.53 Å². The number of ether oxygens (including phenoxy) is 1. The first-order valence-corrected chi connectivity index (χ1v) is 7.30. The summed E-state index contributed by atoms with van der Waals surface area (Å²) in [5.41, 5.74) is 0.757. The fourth-order valence-electron chi connectivity index (χ4n) is 2.46. The zero-order chi connectivity index (χ0) is 14.2. The highest BCUT2D eigenvalue weighted by molar-refractivity contribution is 5.90. The number of methoxy groups -OCH3 is 1. The Bertz CT molecular complexity index is 413. The largest absolute Gasteiger partial charge is 0.383 e. The third-order valence-corrected chi connectivity index (χ3v) is 3.62. The molecule has 0 bridgehead atoms. The van der Waals surface area contributed by atoms with Crippen molar-refractivity contribution >= 4 is 11.6 Å². The topological polar surface area (TPSA) is 68.2 Å². The first-order chi connectivity index (χ1) is 9.78. The van der Waals surface area contributed by atoms with Gasteiger partial charge in [0, 0.05) is 19.7 Å². The molecule has 2 heterocycles. The summed E-state index contributed by atoms with van der Waals surface area (Å²) in [4.78, 5) is 11.9. The van der Waals surface area contributed by atoms with Gasteiger partial charge < -0.3 is 15.4 Å². The van der Waals surface area contributed by atoms with Gasteiger partial charge in [0.25, 0.3) is 0 Å². The van der Waals surface area contributed by atoms with Crippen molar-refractivity contribution in [3.63, 3.8) is 0 Å². The fraction of sp³-hybridized carbons (Fsp3) is 0.714. The van der Waals surface area contributed by atoms with E-state index in [0.29, 0.717) is 25.5 Å². The molecule has 1 aromatic rings. The predicted molar refractivity (Wildman–Crippen MR) is 77.6 cm³/mol. The van der Waals surface area contributed by atoms with Crippen LogP contribution in [0, 0.1) is 5.92 Å². The van der Waals surface area contributed by atoms with E-state index in [4.69, 9.17) is 4.74 Å². The Labute approximate surface area is 119 Å². The van der Waals surface area contributed by atoms with Crippen LogP contribution in [0.25, 0.3) is 0 Å². The number of anilines is 1. The summed E-state index contributed by atoms with van der Waals surface area (Å²) < 4.78 is 6.76. The highest BCUT2D eigenvalue weighted by Gasteiger charge is 2.14. The van der Waals surface area contributed by atoms with E-state index in [1.165, 1.54) is 12.8 Å². The van der Waals surface area contributed by atoms with Gasteiger partial charge in [-0.15, -0.1) is 0 Å². The number of carbonyl (C=O) groups is 1. The second-order valence-corrected chi connectivity index (χ2v) is 5.28. The standard InChI is InChI=1S/C14H24N4O2/c1-20-8-7-18-11-13(10-16-18)17-14(19)5-4-12-3-2-6-15-9-12/h10-12,15H,2-9H2,1H3,(H,17,19). The van der Waals surface area contributed by atoms with E-state index >= 15 is 0 Å². The van der Waals surface area contributed by atoms with E-state index in [1.807, 2.05) is 6.20 Å². The smallest absolute Gasteiger partial charge is 0.224 e. The van der Waals surface area contributed by atoms with Crippen molar-refractivity contribution in [3.05, 3.63) is 12.4 Å². The van der Waals surface area contributed by atoms with Gasteiger partial charge in [-0.1, -0.05) is 0 Å². The molecule has 0 radical (unpaired) electrons. The maximum atomic E-state index is 11.9. The molecule has 1 unspecified atom stereocenters. The second kappa shape index (κ2) is 8.01. The van der Waals surface area contributed by atoms with Crippen LogP contribution in [-0.2, 0) is 16.1 Å². The molecule has 0 aromatic carbocycles. The summed E-state index contributed by atoms with van der Waals surface area (Å²) in [5.74, 6) is 0.709. The maximum Gasteiger partial charge on any atom is 0.224 e. The molecule has 1 saturated heterocycles. The normalized spacial score (nSPS) is 18.9. The van der Waals surface area contributed by atoms with Crippen molar-refractivity contribution in [2.45, 2.75) is 32.2 Å². The molecule has 6 heteroatoms. The van der Waals surface area contributed by atoms with Crippen LogP contribution in [0.4, 0.5) is 5.69 Å². The molecule has 112 valence electrons. The van der Waals surface area contributed by atoms with Crippen LogP contribution < -0.4 is 10.6 Å². The van der Waals surface area contributed by atoms with E-state index < -0.39 is 0 Å². The molecule has 1 aromatic heterocycles. The van der Waals surface area contributed by atoms with E-state index in [0.717, 1.165) is 25.2 Å². The lowest BCUT2D eigenvalue weighted by Gasteiger charge is -2.22. The minimum atomic E-state index is 0.0712. The number of hydrogen-bond acceptors (Lipinski definition) is 4. The summed E-state index contributed by atoms with van der Waals surface area (Å²) >= 11 is 0. The van der Waals surface area contributed by atoms with Gasteiger partial charge in [-0.05, 0) is 38.3 Å². The van der Waals surface area contributed by atoms with Crippen LogP contribution >= 0.6 is 0 Å². The highest BCUT2D eigenvalue weighted by atomic mass is 16.5. The number of nitrogens with one attached hydrogen (secondary N) is 2. The Morgan fingerprint density at radius 1 is 1.65 bits per heavy atom. The van der Waals surface area contributed by atoms with Gasteiger partial charge in [0.15, 0.2) is 0 Å². The zero-order valence-corrected chi connectivity index (χ0v) is 12.1. The molecular formula is C14H24N4O2. The fourth-order valence-corrected chi connectivity index (χ4v) is 2.46. The Morgan fingerprint density at radius 2 is 2.55 bits per heavy atom. The summed E-state index contributed by atoms with van der Waals surface area (Å²) in [7, 11) is 1.66. The second-order valence-electron chi connectivity index (χ2n) is 5.28. The van der Waals surface area contributed by atoms with Crippen molar-refractivity contribution in [2.75, 3.05) is 32.1 Å². The molecular weight excluding hydrogens is 256 g/mol. The van der Waals surface area contributed by atoms with Gasteiger partial charge in [0.2, 0.25) is 5.91 Å². The van der Waals surface area contributed by atoms with Crippen molar-refractivity contribution in [2.24, 2.45) is 5.92 Å². The van der Waals surface area contributed by atoms with Crippen LogP contribution in [0.5, 0.6) is 0 Å². The number of rotatable bonds is 7. The summed E-state index contributed by atoms with van der Waals surface area (Å²) in [6.07, 6.45) is 7.49. The lowest BCUT2D eigenvalue weighted by Crippen LogP contribution is -2.30. The molecule has 2 N–H and O–H groups in total. The lowest BCUT2D eigenvalue weighted by molar-refractivity contribution is -0.116. The van der Waals surface area contributed by atoms with Crippen molar-refractivity contribution in [1.29, 1.82) is 0 Å². The average molecular weight is 280 g/mol. The minimum Gasteiger partial charge on any atom is -0.383 e. The number of piperidine rings is 1. The molecule has 1 aliphatic rings.